The van der Waals surface area contributed by atoms with Gasteiger partial charge in [0.2, 0.25) is 5.91 Å². The Morgan fingerprint density at radius 1 is 0.610 bits per heavy atom. The summed E-state index contributed by atoms with van der Waals surface area (Å²) in [6.45, 7) is 4.14. The van der Waals surface area contributed by atoms with Gasteiger partial charge < -0.3 is 20.6 Å². The highest BCUT2D eigenvalue weighted by Crippen LogP contribution is 2.12. The van der Waals surface area contributed by atoms with E-state index in [-0.39, 0.29) is 18.9 Å². The van der Waals surface area contributed by atoms with Crippen LogP contribution in [-0.2, 0) is 4.79 Å². The molecule has 0 bridgehead atoms. The maximum Gasteiger partial charge on any atom is 0.222 e. The number of carbonyl (C=O) groups excluding carboxylic acids is 1. The van der Waals surface area contributed by atoms with Gasteiger partial charge in [-0.1, -0.05) is 134 Å². The second-order valence-corrected chi connectivity index (χ2v) is 11.8. The number of carbonyl (C=O) groups is 1. The summed E-state index contributed by atoms with van der Waals surface area (Å²) in [4.78, 5) is 12.3. The summed E-state index contributed by atoms with van der Waals surface area (Å²) in [5.41, 5.74) is 0. The van der Waals surface area contributed by atoms with Gasteiger partial charge in [-0.15, -0.1) is 0 Å². The molecule has 0 aliphatic heterocycles. The van der Waals surface area contributed by atoms with Crippen molar-refractivity contribution in [1.82, 2.24) is 5.32 Å². The number of hydrogen-bond acceptors (Lipinski definition) is 4. The van der Waals surface area contributed by atoms with E-state index in [9.17, 15) is 20.1 Å². The van der Waals surface area contributed by atoms with Crippen molar-refractivity contribution >= 4 is 5.91 Å². The van der Waals surface area contributed by atoms with Gasteiger partial charge in [-0.05, 0) is 57.8 Å². The van der Waals surface area contributed by atoms with Gasteiger partial charge in [-0.3, -0.25) is 4.79 Å². The molecule has 0 aliphatic carbocycles. The van der Waals surface area contributed by atoms with Crippen LogP contribution in [-0.4, -0.2) is 46.1 Å². The Balaban J connectivity index is 3.84. The Morgan fingerprint density at radius 2 is 1.05 bits per heavy atom. The third-order valence-corrected chi connectivity index (χ3v) is 7.65. The van der Waals surface area contributed by atoms with Crippen molar-refractivity contribution in [3.05, 3.63) is 36.5 Å². The first-order valence-corrected chi connectivity index (χ1v) is 17.3. The summed E-state index contributed by atoms with van der Waals surface area (Å²) in [5.74, 6) is -0.334. The highest BCUT2D eigenvalue weighted by molar-refractivity contribution is 5.76. The fourth-order valence-corrected chi connectivity index (χ4v) is 4.94. The molecule has 0 rings (SSSR count). The van der Waals surface area contributed by atoms with Gasteiger partial charge in [-0.2, -0.15) is 0 Å². The van der Waals surface area contributed by atoms with Crippen LogP contribution in [0, 0.1) is 0 Å². The van der Waals surface area contributed by atoms with E-state index in [1.807, 2.05) is 6.08 Å². The molecule has 0 aromatic carbocycles. The summed E-state index contributed by atoms with van der Waals surface area (Å²) in [7, 11) is 0. The summed E-state index contributed by atoms with van der Waals surface area (Å²) in [5, 5.41) is 32.9. The van der Waals surface area contributed by atoms with Gasteiger partial charge in [0.05, 0.1) is 31.3 Å². The minimum Gasteiger partial charge on any atom is -0.394 e. The van der Waals surface area contributed by atoms with Crippen LogP contribution in [0.15, 0.2) is 36.5 Å². The fourth-order valence-electron chi connectivity index (χ4n) is 4.94. The molecule has 5 heteroatoms. The molecule has 4 N–H and O–H groups in total. The molecule has 0 saturated carbocycles. The van der Waals surface area contributed by atoms with Crippen molar-refractivity contribution in [2.75, 3.05) is 6.61 Å². The van der Waals surface area contributed by atoms with Gasteiger partial charge in [-0.25, -0.2) is 0 Å². The van der Waals surface area contributed by atoms with Crippen molar-refractivity contribution in [1.29, 1.82) is 0 Å². The van der Waals surface area contributed by atoms with Gasteiger partial charge in [0.25, 0.3) is 0 Å². The largest absolute Gasteiger partial charge is 0.394 e. The average Bonchev–Trinajstić information content (AvgIpc) is 2.96. The van der Waals surface area contributed by atoms with Crippen LogP contribution in [0.5, 0.6) is 0 Å². The number of hydrogen-bond donors (Lipinski definition) is 4. The molecule has 0 heterocycles. The van der Waals surface area contributed by atoms with Crippen LogP contribution >= 0.6 is 0 Å². The van der Waals surface area contributed by atoms with E-state index < -0.39 is 18.2 Å². The van der Waals surface area contributed by atoms with E-state index in [1.54, 1.807) is 6.08 Å². The summed E-state index contributed by atoms with van der Waals surface area (Å²) in [6.07, 6.45) is 36.9. The van der Waals surface area contributed by atoms with E-state index in [4.69, 9.17) is 0 Å². The highest BCUT2D eigenvalue weighted by Gasteiger charge is 2.20. The molecule has 0 spiro atoms. The molecule has 0 radical (unpaired) electrons. The predicted molar refractivity (Wildman–Crippen MR) is 176 cm³/mol. The van der Waals surface area contributed by atoms with Crippen LogP contribution < -0.4 is 5.32 Å². The molecule has 0 aromatic rings. The van der Waals surface area contributed by atoms with Gasteiger partial charge >= 0.3 is 0 Å². The first-order chi connectivity index (χ1) is 20.0. The number of amides is 1. The fraction of sp³-hybridized carbons (Fsp3) is 0.806. The van der Waals surface area contributed by atoms with Crippen molar-refractivity contribution in [3.63, 3.8) is 0 Å². The maximum absolute atomic E-state index is 12.3. The topological polar surface area (TPSA) is 89.8 Å². The van der Waals surface area contributed by atoms with Crippen molar-refractivity contribution in [2.45, 2.75) is 180 Å². The number of aliphatic hydroxyl groups excluding tert-OH is 3. The molecule has 3 unspecified atom stereocenters. The van der Waals surface area contributed by atoms with Gasteiger partial charge in [0.1, 0.15) is 0 Å². The molecule has 0 aliphatic rings. The van der Waals surface area contributed by atoms with Crippen LogP contribution in [0.25, 0.3) is 0 Å². The van der Waals surface area contributed by atoms with Crippen LogP contribution in [0.2, 0.25) is 0 Å². The first kappa shape index (κ1) is 39.6. The molecule has 0 fully saturated rings. The molecule has 0 aromatic heterocycles. The normalized spacial score (nSPS) is 14.4. The maximum atomic E-state index is 12.3. The van der Waals surface area contributed by atoms with Gasteiger partial charge in [0, 0.05) is 0 Å². The minimum absolute atomic E-state index is 0.000476. The lowest BCUT2D eigenvalue weighted by Gasteiger charge is -2.20. The van der Waals surface area contributed by atoms with E-state index in [0.717, 1.165) is 44.9 Å². The molecule has 1 amide bonds. The summed E-state index contributed by atoms with van der Waals surface area (Å²) in [6, 6.07) is -0.760. The summed E-state index contributed by atoms with van der Waals surface area (Å²) >= 11 is 0. The minimum atomic E-state index is -0.950. The Morgan fingerprint density at radius 3 is 1.59 bits per heavy atom. The zero-order chi connectivity index (χ0) is 30.2. The number of allylic oxidation sites excluding steroid dienone is 5. The Bertz CT molecular complexity index is 645. The smallest absolute Gasteiger partial charge is 0.222 e. The van der Waals surface area contributed by atoms with Crippen molar-refractivity contribution in [3.8, 4) is 0 Å². The second kappa shape index (κ2) is 31.5. The van der Waals surface area contributed by atoms with E-state index in [0.29, 0.717) is 6.42 Å². The lowest BCUT2D eigenvalue weighted by atomic mass is 10.0. The third kappa shape index (κ3) is 28.5. The molecule has 3 atom stereocenters. The summed E-state index contributed by atoms with van der Waals surface area (Å²) < 4.78 is 0. The highest BCUT2D eigenvalue weighted by atomic mass is 16.3. The number of nitrogens with one attached hydrogen (secondary N) is 1. The predicted octanol–water partition coefficient (Wildman–Crippen LogP) is 8.87. The zero-order valence-electron chi connectivity index (χ0n) is 26.9. The van der Waals surface area contributed by atoms with Crippen molar-refractivity contribution in [2.24, 2.45) is 0 Å². The molecule has 240 valence electrons. The molecule has 5 nitrogen and oxygen atoms in total. The first-order valence-electron chi connectivity index (χ1n) is 17.3. The standard InChI is InChI=1S/C36H67NO4/c1-3-5-7-9-11-13-15-17-19-21-23-25-27-29-33(39)31-36(41)37-34(32-38)35(40)30-28-26-24-22-20-18-16-14-12-10-8-6-4-2/h13,15,20,22,28,30,33-35,38-40H,3-12,14,16-19,21,23-27,29,31-32H2,1-2H3,(H,37,41)/b15-13-,22-20+,30-28+. The van der Waals surface area contributed by atoms with Gasteiger partial charge in [0.15, 0.2) is 0 Å². The lowest BCUT2D eigenvalue weighted by Crippen LogP contribution is -2.45. The molecule has 41 heavy (non-hydrogen) atoms. The average molecular weight is 578 g/mol. The SMILES string of the molecule is CCCCCC/C=C\CCCCCCCC(O)CC(=O)NC(CO)C(O)/C=C/CC/C=C/CCCCCCCCC. The lowest BCUT2D eigenvalue weighted by molar-refractivity contribution is -0.124. The third-order valence-electron chi connectivity index (χ3n) is 7.65. The number of rotatable bonds is 30. The number of aliphatic hydroxyl groups is 3. The molecule has 0 saturated heterocycles. The van der Waals surface area contributed by atoms with Crippen molar-refractivity contribution < 1.29 is 20.1 Å². The van der Waals surface area contributed by atoms with Crippen LogP contribution in [0.4, 0.5) is 0 Å². The molecular formula is C36H67NO4. The Hall–Kier alpha value is -1.43. The van der Waals surface area contributed by atoms with E-state index in [2.05, 4.69) is 43.5 Å². The Kier molecular flexibility index (Phi) is 30.4. The zero-order valence-corrected chi connectivity index (χ0v) is 26.9. The monoisotopic (exact) mass is 578 g/mol. The van der Waals surface area contributed by atoms with Crippen LogP contribution in [0.1, 0.15) is 162 Å². The number of unbranched alkanes of at least 4 members (excludes halogenated alkanes) is 17. The van der Waals surface area contributed by atoms with E-state index in [1.165, 1.54) is 89.9 Å². The second-order valence-electron chi connectivity index (χ2n) is 11.8. The van der Waals surface area contributed by atoms with Crippen LogP contribution in [0.3, 0.4) is 0 Å². The molecular weight excluding hydrogens is 510 g/mol. The Labute approximate surface area is 254 Å². The van der Waals surface area contributed by atoms with E-state index >= 15 is 0 Å². The quantitative estimate of drug-likeness (QED) is 0.0507.